The lowest BCUT2D eigenvalue weighted by molar-refractivity contribution is 1.09. The van der Waals surface area contributed by atoms with Crippen LogP contribution in [0.5, 0.6) is 0 Å². The van der Waals surface area contributed by atoms with Crippen molar-refractivity contribution in [1.82, 2.24) is 0 Å². The summed E-state index contributed by atoms with van der Waals surface area (Å²) >= 11 is 3.53. The Kier molecular flexibility index (Phi) is 2.51. The maximum absolute atomic E-state index is 3.53. The van der Waals surface area contributed by atoms with Crippen LogP contribution < -0.4 is 0 Å². The fraction of sp³-hybridized carbons (Fsp3) is 0.0476. The average Bonchev–Trinajstić information content (AvgIpc) is 3.13. The molecule has 104 valence electrons. The molecule has 0 radical (unpaired) electrons. The molecule has 0 aliphatic heterocycles. The highest BCUT2D eigenvalue weighted by molar-refractivity contribution is 9.10. The van der Waals surface area contributed by atoms with Gasteiger partial charge in [-0.25, -0.2) is 0 Å². The van der Waals surface area contributed by atoms with Crippen LogP contribution in [0, 0.1) is 0 Å². The van der Waals surface area contributed by atoms with E-state index >= 15 is 0 Å². The third-order valence-corrected chi connectivity index (χ3v) is 5.30. The van der Waals surface area contributed by atoms with Gasteiger partial charge in [-0.1, -0.05) is 76.6 Å². The summed E-state index contributed by atoms with van der Waals surface area (Å²) in [5, 5.41) is 0. The van der Waals surface area contributed by atoms with Crippen molar-refractivity contribution in [2.45, 2.75) is 5.92 Å². The highest BCUT2D eigenvalue weighted by Crippen LogP contribution is 2.53. The van der Waals surface area contributed by atoms with E-state index in [1.165, 1.54) is 39.0 Å². The molecular formula is C21H13Br. The minimum atomic E-state index is 0.338. The molecule has 2 aromatic rings. The number of hydrogen-bond donors (Lipinski definition) is 0. The van der Waals surface area contributed by atoms with Crippen molar-refractivity contribution in [3.05, 3.63) is 99.1 Å². The SMILES string of the molecule is Brc1ccc(C2C=Cc3cccc4c3C2=C2C=CC=C24)cc1. The Morgan fingerprint density at radius 3 is 2.64 bits per heavy atom. The first-order valence-electron chi connectivity index (χ1n) is 7.53. The minimum Gasteiger partial charge on any atom is -0.0720 e. The molecule has 1 heteroatoms. The van der Waals surface area contributed by atoms with E-state index in [4.69, 9.17) is 0 Å². The Morgan fingerprint density at radius 2 is 1.77 bits per heavy atom. The molecule has 0 bridgehead atoms. The van der Waals surface area contributed by atoms with E-state index in [2.05, 4.69) is 88.8 Å². The van der Waals surface area contributed by atoms with Gasteiger partial charge in [0.1, 0.15) is 0 Å². The first-order chi connectivity index (χ1) is 10.8. The molecule has 0 saturated heterocycles. The number of allylic oxidation sites excluding steroid dienone is 7. The predicted molar refractivity (Wildman–Crippen MR) is 96.4 cm³/mol. The van der Waals surface area contributed by atoms with E-state index in [0.29, 0.717) is 5.92 Å². The Morgan fingerprint density at radius 1 is 0.909 bits per heavy atom. The van der Waals surface area contributed by atoms with Gasteiger partial charge in [-0.3, -0.25) is 0 Å². The lowest BCUT2D eigenvalue weighted by Gasteiger charge is -2.23. The number of benzene rings is 2. The fourth-order valence-corrected chi connectivity index (χ4v) is 4.09. The highest BCUT2D eigenvalue weighted by Gasteiger charge is 2.34. The molecule has 0 saturated carbocycles. The second-order valence-corrected chi connectivity index (χ2v) is 6.84. The van der Waals surface area contributed by atoms with Crippen molar-refractivity contribution >= 4 is 33.2 Å². The Labute approximate surface area is 138 Å². The molecule has 0 N–H and O–H groups in total. The monoisotopic (exact) mass is 344 g/mol. The van der Waals surface area contributed by atoms with Gasteiger partial charge in [0, 0.05) is 10.4 Å². The van der Waals surface area contributed by atoms with Gasteiger partial charge in [-0.05, 0) is 51.1 Å². The van der Waals surface area contributed by atoms with Crippen molar-refractivity contribution in [2.24, 2.45) is 0 Å². The van der Waals surface area contributed by atoms with Crippen molar-refractivity contribution in [3.8, 4) is 0 Å². The van der Waals surface area contributed by atoms with Crippen LogP contribution in [0.15, 0.2) is 76.8 Å². The normalized spacial score (nSPS) is 20.2. The maximum atomic E-state index is 3.53. The summed E-state index contributed by atoms with van der Waals surface area (Å²) in [6.07, 6.45) is 11.3. The minimum absolute atomic E-state index is 0.338. The molecule has 22 heavy (non-hydrogen) atoms. The highest BCUT2D eigenvalue weighted by atomic mass is 79.9. The van der Waals surface area contributed by atoms with E-state index in [0.717, 1.165) is 4.47 Å². The van der Waals surface area contributed by atoms with E-state index in [-0.39, 0.29) is 0 Å². The molecule has 3 aliphatic rings. The zero-order chi connectivity index (χ0) is 14.7. The standard InChI is InChI=1S/C21H13Br/c22-15-10-7-13(8-11-15)16-12-9-14-3-1-5-18-17-4-2-6-19(17)21(16)20(14)18/h1-12,16H. The summed E-state index contributed by atoms with van der Waals surface area (Å²) in [5.74, 6) is 0.338. The Bertz CT molecular complexity index is 921. The van der Waals surface area contributed by atoms with Crippen molar-refractivity contribution in [1.29, 1.82) is 0 Å². The molecular weight excluding hydrogens is 332 g/mol. The van der Waals surface area contributed by atoms with Crippen LogP contribution >= 0.6 is 15.9 Å². The quantitative estimate of drug-likeness (QED) is 0.596. The van der Waals surface area contributed by atoms with Crippen molar-refractivity contribution in [2.75, 3.05) is 0 Å². The lowest BCUT2D eigenvalue weighted by Crippen LogP contribution is -2.04. The molecule has 2 aromatic carbocycles. The van der Waals surface area contributed by atoms with Crippen LogP contribution in [-0.4, -0.2) is 0 Å². The van der Waals surface area contributed by atoms with Gasteiger partial charge in [-0.15, -0.1) is 0 Å². The van der Waals surface area contributed by atoms with Crippen LogP contribution in [0.25, 0.3) is 17.2 Å². The van der Waals surface area contributed by atoms with Crippen LogP contribution in [0.4, 0.5) is 0 Å². The van der Waals surface area contributed by atoms with Crippen LogP contribution in [0.2, 0.25) is 0 Å². The van der Waals surface area contributed by atoms with Gasteiger partial charge in [0.2, 0.25) is 0 Å². The van der Waals surface area contributed by atoms with Gasteiger partial charge in [0.25, 0.3) is 0 Å². The van der Waals surface area contributed by atoms with E-state index < -0.39 is 0 Å². The summed E-state index contributed by atoms with van der Waals surface area (Å²) in [6, 6.07) is 15.3. The smallest absolute Gasteiger partial charge is 0.0285 e. The largest absolute Gasteiger partial charge is 0.0720 e. The molecule has 0 spiro atoms. The summed E-state index contributed by atoms with van der Waals surface area (Å²) in [7, 11) is 0. The Hall–Kier alpha value is -2.12. The molecule has 0 fully saturated rings. The molecule has 1 atom stereocenters. The predicted octanol–water partition coefficient (Wildman–Crippen LogP) is 5.98. The van der Waals surface area contributed by atoms with Gasteiger partial charge in [0.05, 0.1) is 0 Å². The van der Waals surface area contributed by atoms with Crippen LogP contribution in [0.1, 0.15) is 28.2 Å². The molecule has 0 heterocycles. The summed E-state index contributed by atoms with van der Waals surface area (Å²) in [5.41, 5.74) is 9.77. The topological polar surface area (TPSA) is 0 Å². The van der Waals surface area contributed by atoms with E-state index in [9.17, 15) is 0 Å². The van der Waals surface area contributed by atoms with Gasteiger partial charge >= 0.3 is 0 Å². The zero-order valence-electron chi connectivity index (χ0n) is 11.9. The molecule has 1 unspecified atom stereocenters. The van der Waals surface area contributed by atoms with E-state index in [1.54, 1.807) is 0 Å². The second-order valence-electron chi connectivity index (χ2n) is 5.92. The van der Waals surface area contributed by atoms with Gasteiger partial charge in [0.15, 0.2) is 0 Å². The first kappa shape index (κ1) is 12.4. The second kappa shape index (κ2) is 4.44. The number of fused-ring (bicyclic) bond motifs is 2. The molecule has 0 aromatic heterocycles. The van der Waals surface area contributed by atoms with Crippen LogP contribution in [0.3, 0.4) is 0 Å². The summed E-state index contributed by atoms with van der Waals surface area (Å²) < 4.78 is 1.13. The molecule has 3 aliphatic carbocycles. The molecule has 5 rings (SSSR count). The lowest BCUT2D eigenvalue weighted by atomic mass is 9.80. The Balaban J connectivity index is 1.78. The number of halogens is 1. The zero-order valence-corrected chi connectivity index (χ0v) is 13.5. The van der Waals surface area contributed by atoms with Crippen molar-refractivity contribution in [3.63, 3.8) is 0 Å². The van der Waals surface area contributed by atoms with Crippen LogP contribution in [-0.2, 0) is 0 Å². The maximum Gasteiger partial charge on any atom is 0.0285 e. The van der Waals surface area contributed by atoms with Gasteiger partial charge in [-0.2, -0.15) is 0 Å². The fourth-order valence-electron chi connectivity index (χ4n) is 3.83. The average molecular weight is 345 g/mol. The number of rotatable bonds is 1. The summed E-state index contributed by atoms with van der Waals surface area (Å²) in [4.78, 5) is 0. The third kappa shape index (κ3) is 1.57. The molecule has 0 nitrogen and oxygen atoms in total. The summed E-state index contributed by atoms with van der Waals surface area (Å²) in [6.45, 7) is 0. The molecule has 0 amide bonds. The van der Waals surface area contributed by atoms with Crippen molar-refractivity contribution < 1.29 is 0 Å². The number of hydrogen-bond acceptors (Lipinski definition) is 0. The van der Waals surface area contributed by atoms with Gasteiger partial charge < -0.3 is 0 Å². The van der Waals surface area contributed by atoms with E-state index in [1.807, 2.05) is 0 Å². The first-order valence-corrected chi connectivity index (χ1v) is 8.32. The third-order valence-electron chi connectivity index (χ3n) is 4.77.